The van der Waals surface area contributed by atoms with E-state index in [-0.39, 0.29) is 41.2 Å². The summed E-state index contributed by atoms with van der Waals surface area (Å²) in [6.45, 7) is 4.49. The Morgan fingerprint density at radius 3 is 2.76 bits per heavy atom. The first-order valence-electron chi connectivity index (χ1n) is 10.6. The molecular formula is C22H30N4O3. The van der Waals surface area contributed by atoms with E-state index < -0.39 is 6.10 Å². The van der Waals surface area contributed by atoms with E-state index in [0.29, 0.717) is 19.4 Å². The van der Waals surface area contributed by atoms with Gasteiger partial charge in [-0.15, -0.1) is 0 Å². The van der Waals surface area contributed by atoms with Crippen LogP contribution < -0.4 is 11.1 Å². The lowest BCUT2D eigenvalue weighted by atomic mass is 9.88. The van der Waals surface area contributed by atoms with E-state index in [1.165, 1.54) is 0 Å². The van der Waals surface area contributed by atoms with Crippen LogP contribution in [0.2, 0.25) is 0 Å². The van der Waals surface area contributed by atoms with Crippen molar-refractivity contribution in [3.05, 3.63) is 35.4 Å². The Kier molecular flexibility index (Phi) is 5.11. The second kappa shape index (κ2) is 7.44. The maximum absolute atomic E-state index is 12.7. The number of nitrogens with one attached hydrogen (secondary N) is 1. The molecule has 4 rings (SSSR count). The van der Waals surface area contributed by atoms with E-state index in [1.54, 1.807) is 4.90 Å². The lowest BCUT2D eigenvalue weighted by Gasteiger charge is -2.36. The standard InChI is InChI=1S/C22H30N4O3/c1-3-22(4-2)11-18(28)26(21(23)25-22)12-14-9-16(14)20(29)24-19-15-8-6-5-7-13(15)10-17(19)27/h5-8,14,16-17,19,27H,3-4,9-12H2,1-2H3,(H2,23,25)(H,24,29)/t14-,16+,17-,19-/m1/s1. The largest absolute Gasteiger partial charge is 0.390 e. The number of rotatable bonds is 6. The van der Waals surface area contributed by atoms with Crippen LogP contribution in [0.3, 0.4) is 0 Å². The molecule has 1 saturated carbocycles. The number of fused-ring (bicyclic) bond motifs is 1. The molecule has 1 aromatic rings. The zero-order chi connectivity index (χ0) is 20.8. The minimum atomic E-state index is -0.601. The molecule has 2 aliphatic carbocycles. The highest BCUT2D eigenvalue weighted by atomic mass is 16.3. The smallest absolute Gasteiger partial charge is 0.231 e. The highest BCUT2D eigenvalue weighted by molar-refractivity contribution is 5.99. The summed E-state index contributed by atoms with van der Waals surface area (Å²) in [5.41, 5.74) is 7.80. The summed E-state index contributed by atoms with van der Waals surface area (Å²) in [7, 11) is 0. The number of carbonyl (C=O) groups excluding carboxylic acids is 2. The molecule has 0 radical (unpaired) electrons. The van der Waals surface area contributed by atoms with E-state index >= 15 is 0 Å². The predicted octanol–water partition coefficient (Wildman–Crippen LogP) is 1.50. The second-order valence-corrected chi connectivity index (χ2v) is 8.64. The van der Waals surface area contributed by atoms with E-state index in [0.717, 1.165) is 30.4 Å². The van der Waals surface area contributed by atoms with E-state index in [1.807, 2.05) is 38.1 Å². The predicted molar refractivity (Wildman–Crippen MR) is 110 cm³/mol. The summed E-state index contributed by atoms with van der Waals surface area (Å²) in [4.78, 5) is 31.6. The first kappa shape index (κ1) is 19.9. The third-order valence-corrected chi connectivity index (χ3v) is 6.90. The summed E-state index contributed by atoms with van der Waals surface area (Å²) in [5, 5.41) is 13.4. The van der Waals surface area contributed by atoms with Gasteiger partial charge in [0.15, 0.2) is 5.96 Å². The van der Waals surface area contributed by atoms with Crippen LogP contribution in [0.5, 0.6) is 0 Å². The molecule has 2 amide bonds. The van der Waals surface area contributed by atoms with Gasteiger partial charge in [-0.25, -0.2) is 4.99 Å². The number of hydrogen-bond donors (Lipinski definition) is 3. The molecular weight excluding hydrogens is 368 g/mol. The summed E-state index contributed by atoms with van der Waals surface area (Å²) >= 11 is 0. The van der Waals surface area contributed by atoms with Crippen LogP contribution >= 0.6 is 0 Å². The second-order valence-electron chi connectivity index (χ2n) is 8.64. The summed E-state index contributed by atoms with van der Waals surface area (Å²) in [5.74, 6) is 0.132. The van der Waals surface area contributed by atoms with Gasteiger partial charge in [0.05, 0.1) is 24.1 Å². The Morgan fingerprint density at radius 1 is 1.34 bits per heavy atom. The molecule has 1 aliphatic heterocycles. The number of hydrogen-bond acceptors (Lipinski definition) is 5. The molecule has 0 spiro atoms. The molecule has 4 N–H and O–H groups in total. The lowest BCUT2D eigenvalue weighted by molar-refractivity contribution is -0.130. The minimum absolute atomic E-state index is 0.00704. The third-order valence-electron chi connectivity index (χ3n) is 6.90. The zero-order valence-corrected chi connectivity index (χ0v) is 17.1. The fourth-order valence-electron chi connectivity index (χ4n) is 4.71. The first-order chi connectivity index (χ1) is 13.9. The van der Waals surface area contributed by atoms with Crippen molar-refractivity contribution in [2.75, 3.05) is 6.54 Å². The summed E-state index contributed by atoms with van der Waals surface area (Å²) < 4.78 is 0. The monoisotopic (exact) mass is 398 g/mol. The Morgan fingerprint density at radius 2 is 2.07 bits per heavy atom. The van der Waals surface area contributed by atoms with Crippen molar-refractivity contribution in [1.29, 1.82) is 0 Å². The Balaban J connectivity index is 1.37. The normalized spacial score (nSPS) is 30.0. The van der Waals surface area contributed by atoms with Gasteiger partial charge in [-0.3, -0.25) is 14.5 Å². The molecule has 0 saturated heterocycles. The van der Waals surface area contributed by atoms with E-state index in [4.69, 9.17) is 5.73 Å². The van der Waals surface area contributed by atoms with Gasteiger partial charge in [-0.2, -0.15) is 0 Å². The summed E-state index contributed by atoms with van der Waals surface area (Å²) in [6, 6.07) is 7.45. The number of nitrogens with zero attached hydrogens (tertiary/aromatic N) is 2. The van der Waals surface area contributed by atoms with Crippen molar-refractivity contribution in [2.45, 2.75) is 63.6 Å². The van der Waals surface area contributed by atoms with Crippen LogP contribution in [0.15, 0.2) is 29.3 Å². The molecule has 3 aliphatic rings. The molecule has 4 atom stereocenters. The molecule has 0 unspecified atom stereocenters. The highest BCUT2D eigenvalue weighted by Gasteiger charge is 2.47. The average Bonchev–Trinajstić information content (AvgIpc) is 3.41. The van der Waals surface area contributed by atoms with Crippen LogP contribution in [0.4, 0.5) is 0 Å². The number of aliphatic imine (C=N–C) groups is 1. The Hall–Kier alpha value is -2.41. The molecule has 7 heteroatoms. The van der Waals surface area contributed by atoms with Gasteiger partial charge < -0.3 is 16.2 Å². The highest BCUT2D eigenvalue weighted by Crippen LogP contribution is 2.41. The van der Waals surface area contributed by atoms with Crippen LogP contribution in [-0.4, -0.2) is 46.0 Å². The van der Waals surface area contributed by atoms with Crippen molar-refractivity contribution >= 4 is 17.8 Å². The van der Waals surface area contributed by atoms with Crippen LogP contribution in [0.1, 0.15) is 56.7 Å². The minimum Gasteiger partial charge on any atom is -0.390 e. The Bertz CT molecular complexity index is 848. The molecule has 29 heavy (non-hydrogen) atoms. The number of guanidine groups is 1. The van der Waals surface area contributed by atoms with Crippen molar-refractivity contribution in [2.24, 2.45) is 22.6 Å². The number of aliphatic hydroxyl groups is 1. The van der Waals surface area contributed by atoms with Crippen molar-refractivity contribution < 1.29 is 14.7 Å². The lowest BCUT2D eigenvalue weighted by Crippen LogP contribution is -2.52. The van der Waals surface area contributed by atoms with Crippen LogP contribution in [0.25, 0.3) is 0 Å². The molecule has 0 aromatic heterocycles. The fourth-order valence-corrected chi connectivity index (χ4v) is 4.71. The van der Waals surface area contributed by atoms with Crippen LogP contribution in [-0.2, 0) is 16.0 Å². The number of nitrogens with two attached hydrogens (primary N) is 1. The quantitative estimate of drug-likeness (QED) is 0.675. The van der Waals surface area contributed by atoms with Crippen molar-refractivity contribution in [3.63, 3.8) is 0 Å². The molecule has 7 nitrogen and oxygen atoms in total. The number of carbonyl (C=O) groups is 2. The SMILES string of the molecule is CCC1(CC)CC(=O)N(C[C@H]2C[C@@H]2C(=O)N[C@@H]2c3ccccc3C[C@H]2O)C(N)=N1. The molecule has 156 valence electrons. The number of amides is 2. The van der Waals surface area contributed by atoms with Gasteiger partial charge in [0.1, 0.15) is 0 Å². The van der Waals surface area contributed by atoms with Gasteiger partial charge in [0.25, 0.3) is 0 Å². The van der Waals surface area contributed by atoms with Gasteiger partial charge in [-0.1, -0.05) is 38.1 Å². The first-order valence-corrected chi connectivity index (χ1v) is 10.6. The molecule has 1 aromatic carbocycles. The fraction of sp³-hybridized carbons (Fsp3) is 0.591. The summed E-state index contributed by atoms with van der Waals surface area (Å²) in [6.07, 6.45) is 2.61. The van der Waals surface area contributed by atoms with Crippen molar-refractivity contribution in [1.82, 2.24) is 10.2 Å². The maximum Gasteiger partial charge on any atom is 0.231 e. The van der Waals surface area contributed by atoms with E-state index in [9.17, 15) is 14.7 Å². The average molecular weight is 399 g/mol. The van der Waals surface area contributed by atoms with Crippen LogP contribution in [0, 0.1) is 11.8 Å². The van der Waals surface area contributed by atoms with Crippen molar-refractivity contribution in [3.8, 4) is 0 Å². The Labute approximate surface area is 171 Å². The van der Waals surface area contributed by atoms with Gasteiger partial charge in [-0.05, 0) is 36.3 Å². The third kappa shape index (κ3) is 3.64. The number of aliphatic hydroxyl groups excluding tert-OH is 1. The van der Waals surface area contributed by atoms with Gasteiger partial charge in [0, 0.05) is 18.9 Å². The molecule has 1 fully saturated rings. The number of benzene rings is 1. The van der Waals surface area contributed by atoms with Gasteiger partial charge in [0.2, 0.25) is 11.8 Å². The zero-order valence-electron chi connectivity index (χ0n) is 17.1. The maximum atomic E-state index is 12.7. The van der Waals surface area contributed by atoms with E-state index in [2.05, 4.69) is 10.3 Å². The topological polar surface area (TPSA) is 108 Å². The molecule has 1 heterocycles. The molecule has 0 bridgehead atoms. The van der Waals surface area contributed by atoms with Gasteiger partial charge >= 0.3 is 0 Å².